The van der Waals surface area contributed by atoms with Gasteiger partial charge in [0.05, 0.1) is 11.8 Å². The van der Waals surface area contributed by atoms with Crippen molar-refractivity contribution < 1.29 is 4.74 Å². The minimum absolute atomic E-state index is 0.442. The van der Waals surface area contributed by atoms with E-state index < -0.39 is 0 Å². The van der Waals surface area contributed by atoms with Crippen molar-refractivity contribution in [2.45, 2.75) is 52.2 Å². The molecule has 1 atom stereocenters. The third-order valence-corrected chi connectivity index (χ3v) is 3.61. The first-order valence-corrected chi connectivity index (χ1v) is 6.57. The molecule has 1 aromatic heterocycles. The molecule has 1 unspecified atom stereocenters. The minimum atomic E-state index is 0.442. The van der Waals surface area contributed by atoms with Crippen LogP contribution in [0.25, 0.3) is 0 Å². The van der Waals surface area contributed by atoms with Crippen LogP contribution in [0.4, 0.5) is 0 Å². The van der Waals surface area contributed by atoms with Crippen molar-refractivity contribution in [2.75, 3.05) is 13.2 Å². The van der Waals surface area contributed by atoms with Crippen LogP contribution in [0.3, 0.4) is 0 Å². The molecule has 1 fully saturated rings. The quantitative estimate of drug-likeness (QED) is 0.845. The molecule has 1 aromatic rings. The highest BCUT2D eigenvalue weighted by atomic mass is 16.5. The zero-order valence-electron chi connectivity index (χ0n) is 10.9. The van der Waals surface area contributed by atoms with Crippen molar-refractivity contribution in [1.82, 2.24) is 9.78 Å². The predicted molar refractivity (Wildman–Crippen MR) is 68.1 cm³/mol. The zero-order valence-corrected chi connectivity index (χ0v) is 10.9. The number of nitrogens with zero attached hydrogens (tertiary/aromatic N) is 2. The van der Waals surface area contributed by atoms with E-state index in [9.17, 15) is 0 Å². The molecular formula is C13H23N3O. The van der Waals surface area contributed by atoms with Gasteiger partial charge in [-0.15, -0.1) is 0 Å². The van der Waals surface area contributed by atoms with Crippen LogP contribution in [0.15, 0.2) is 0 Å². The summed E-state index contributed by atoms with van der Waals surface area (Å²) in [6, 6.07) is 0. The summed E-state index contributed by atoms with van der Waals surface area (Å²) in [4.78, 5) is 0. The first-order chi connectivity index (χ1) is 8.22. The smallest absolute Gasteiger partial charge is 0.0628 e. The molecule has 1 aliphatic heterocycles. The lowest BCUT2D eigenvalue weighted by Crippen LogP contribution is -2.12. The Balaban J connectivity index is 1.97. The van der Waals surface area contributed by atoms with Gasteiger partial charge in [0.15, 0.2) is 0 Å². The number of hydrogen-bond acceptors (Lipinski definition) is 3. The largest absolute Gasteiger partial charge is 0.378 e. The highest BCUT2D eigenvalue weighted by molar-refractivity contribution is 5.24. The van der Waals surface area contributed by atoms with Crippen molar-refractivity contribution in [3.8, 4) is 0 Å². The first kappa shape index (κ1) is 12.6. The van der Waals surface area contributed by atoms with Crippen molar-refractivity contribution >= 4 is 0 Å². The molecule has 2 heterocycles. The summed E-state index contributed by atoms with van der Waals surface area (Å²) in [5, 5.41) is 4.60. The summed E-state index contributed by atoms with van der Waals surface area (Å²) in [5.41, 5.74) is 9.34. The van der Waals surface area contributed by atoms with E-state index >= 15 is 0 Å². The number of aromatic nitrogens is 2. The van der Waals surface area contributed by atoms with E-state index in [1.807, 2.05) is 0 Å². The minimum Gasteiger partial charge on any atom is -0.378 e. The molecule has 17 heavy (non-hydrogen) atoms. The second-order valence-corrected chi connectivity index (χ2v) is 4.83. The highest BCUT2D eigenvalue weighted by Gasteiger charge is 2.17. The SMILES string of the molecule is Cc1nn(CCC2CCCO2)c(C)c1CCN. The Hall–Kier alpha value is -0.870. The van der Waals surface area contributed by atoms with Crippen molar-refractivity contribution in [3.05, 3.63) is 17.0 Å². The molecule has 0 bridgehead atoms. The van der Waals surface area contributed by atoms with Crippen LogP contribution in [-0.4, -0.2) is 29.0 Å². The normalized spacial score (nSPS) is 20.1. The van der Waals surface area contributed by atoms with Crippen LogP contribution < -0.4 is 5.73 Å². The maximum atomic E-state index is 5.64. The molecular weight excluding hydrogens is 214 g/mol. The van der Waals surface area contributed by atoms with Crippen LogP contribution in [-0.2, 0) is 17.7 Å². The topological polar surface area (TPSA) is 53.1 Å². The van der Waals surface area contributed by atoms with E-state index in [1.54, 1.807) is 0 Å². The van der Waals surface area contributed by atoms with E-state index in [4.69, 9.17) is 10.5 Å². The standard InChI is InChI=1S/C13H23N3O/c1-10-13(5-7-14)11(2)16(15-10)8-6-12-4-3-9-17-12/h12H,3-9,14H2,1-2H3. The molecule has 0 aromatic carbocycles. The van der Waals surface area contributed by atoms with Gasteiger partial charge in [-0.25, -0.2) is 0 Å². The van der Waals surface area contributed by atoms with E-state index in [0.717, 1.165) is 31.7 Å². The average molecular weight is 237 g/mol. The van der Waals surface area contributed by atoms with Gasteiger partial charge in [0, 0.05) is 18.8 Å². The molecule has 0 amide bonds. The number of hydrogen-bond donors (Lipinski definition) is 1. The van der Waals surface area contributed by atoms with E-state index in [1.165, 1.54) is 24.1 Å². The van der Waals surface area contributed by atoms with Crippen molar-refractivity contribution in [3.63, 3.8) is 0 Å². The lowest BCUT2D eigenvalue weighted by molar-refractivity contribution is 0.0992. The maximum absolute atomic E-state index is 5.64. The second-order valence-electron chi connectivity index (χ2n) is 4.83. The molecule has 4 heteroatoms. The maximum Gasteiger partial charge on any atom is 0.0628 e. The number of nitrogens with two attached hydrogens (primary N) is 1. The van der Waals surface area contributed by atoms with Gasteiger partial charge in [-0.1, -0.05) is 0 Å². The molecule has 1 aliphatic rings. The molecule has 0 saturated carbocycles. The summed E-state index contributed by atoms with van der Waals surface area (Å²) < 4.78 is 7.75. The van der Waals surface area contributed by atoms with Gasteiger partial charge in [0.2, 0.25) is 0 Å². The fraction of sp³-hybridized carbons (Fsp3) is 0.769. The highest BCUT2D eigenvalue weighted by Crippen LogP contribution is 2.18. The van der Waals surface area contributed by atoms with Crippen LogP contribution in [0.5, 0.6) is 0 Å². The lowest BCUT2D eigenvalue weighted by Gasteiger charge is -2.10. The van der Waals surface area contributed by atoms with Crippen LogP contribution >= 0.6 is 0 Å². The third kappa shape index (κ3) is 2.87. The Morgan fingerprint density at radius 1 is 1.47 bits per heavy atom. The van der Waals surface area contributed by atoms with Gasteiger partial charge < -0.3 is 10.5 Å². The summed E-state index contributed by atoms with van der Waals surface area (Å²) in [7, 11) is 0. The molecule has 2 N–H and O–H groups in total. The molecule has 1 saturated heterocycles. The molecule has 4 nitrogen and oxygen atoms in total. The molecule has 0 radical (unpaired) electrons. The summed E-state index contributed by atoms with van der Waals surface area (Å²) in [6.07, 6.45) is 4.86. The number of rotatable bonds is 5. The first-order valence-electron chi connectivity index (χ1n) is 6.57. The molecule has 2 rings (SSSR count). The molecule has 96 valence electrons. The van der Waals surface area contributed by atoms with Gasteiger partial charge in [-0.3, -0.25) is 4.68 Å². The van der Waals surface area contributed by atoms with E-state index in [2.05, 4.69) is 23.6 Å². The molecule has 0 spiro atoms. The fourth-order valence-corrected chi connectivity index (χ4v) is 2.60. The fourth-order valence-electron chi connectivity index (χ4n) is 2.60. The van der Waals surface area contributed by atoms with E-state index in [0.29, 0.717) is 12.6 Å². The molecule has 0 aliphatic carbocycles. The van der Waals surface area contributed by atoms with E-state index in [-0.39, 0.29) is 0 Å². The van der Waals surface area contributed by atoms with Crippen LogP contribution in [0.2, 0.25) is 0 Å². The zero-order chi connectivity index (χ0) is 12.3. The number of aryl methyl sites for hydroxylation is 2. The van der Waals surface area contributed by atoms with Gasteiger partial charge >= 0.3 is 0 Å². The van der Waals surface area contributed by atoms with Gasteiger partial charge in [0.25, 0.3) is 0 Å². The summed E-state index contributed by atoms with van der Waals surface area (Å²) >= 11 is 0. The Labute approximate surface area is 103 Å². The van der Waals surface area contributed by atoms with Crippen molar-refractivity contribution in [2.24, 2.45) is 5.73 Å². The van der Waals surface area contributed by atoms with Crippen molar-refractivity contribution in [1.29, 1.82) is 0 Å². The number of ether oxygens (including phenoxy) is 1. The van der Waals surface area contributed by atoms with Crippen LogP contribution in [0.1, 0.15) is 36.2 Å². The van der Waals surface area contributed by atoms with Gasteiger partial charge in [-0.05, 0) is 51.6 Å². The Kier molecular flexibility index (Phi) is 4.18. The monoisotopic (exact) mass is 237 g/mol. The Morgan fingerprint density at radius 3 is 2.94 bits per heavy atom. The lowest BCUT2D eigenvalue weighted by atomic mass is 10.1. The Bertz CT molecular complexity index is 367. The summed E-state index contributed by atoms with van der Waals surface area (Å²) in [6.45, 7) is 6.79. The third-order valence-electron chi connectivity index (χ3n) is 3.61. The average Bonchev–Trinajstić information content (AvgIpc) is 2.90. The van der Waals surface area contributed by atoms with Crippen LogP contribution in [0, 0.1) is 13.8 Å². The Morgan fingerprint density at radius 2 is 2.29 bits per heavy atom. The van der Waals surface area contributed by atoms with Gasteiger partial charge in [-0.2, -0.15) is 5.10 Å². The summed E-state index contributed by atoms with van der Waals surface area (Å²) in [5.74, 6) is 0. The second kappa shape index (κ2) is 5.65. The predicted octanol–water partition coefficient (Wildman–Crippen LogP) is 1.57. The van der Waals surface area contributed by atoms with Gasteiger partial charge in [0.1, 0.15) is 0 Å².